The van der Waals surface area contributed by atoms with Crippen LogP contribution < -0.4 is 11.1 Å². The van der Waals surface area contributed by atoms with E-state index in [-0.39, 0.29) is 6.42 Å². The fraction of sp³-hybridized carbons (Fsp3) is 0.667. The minimum atomic E-state index is -0.637. The monoisotopic (exact) mass is 160 g/mol. The Labute approximate surface area is 64.9 Å². The zero-order chi connectivity index (χ0) is 8.85. The van der Waals surface area contributed by atoms with Gasteiger partial charge in [-0.2, -0.15) is 0 Å². The van der Waals surface area contributed by atoms with E-state index in [1.807, 2.05) is 0 Å². The van der Waals surface area contributed by atoms with Crippen LogP contribution in [0.1, 0.15) is 6.42 Å². The van der Waals surface area contributed by atoms with Crippen molar-refractivity contribution < 1.29 is 14.3 Å². The van der Waals surface area contributed by atoms with Crippen molar-refractivity contribution in [1.82, 2.24) is 5.32 Å². The lowest BCUT2D eigenvalue weighted by Crippen LogP contribution is -2.40. The van der Waals surface area contributed by atoms with Crippen molar-refractivity contribution in [2.24, 2.45) is 5.73 Å². The van der Waals surface area contributed by atoms with E-state index < -0.39 is 17.9 Å². The topological polar surface area (TPSA) is 81.4 Å². The maximum absolute atomic E-state index is 10.6. The second-order valence-electron chi connectivity index (χ2n) is 2.02. The average molecular weight is 160 g/mol. The first-order chi connectivity index (χ1) is 5.11. The van der Waals surface area contributed by atoms with Gasteiger partial charge in [0.25, 0.3) is 0 Å². The summed E-state index contributed by atoms with van der Waals surface area (Å²) in [5.41, 5.74) is 4.94. The van der Waals surface area contributed by atoms with Crippen molar-refractivity contribution in [1.29, 1.82) is 0 Å². The van der Waals surface area contributed by atoms with E-state index in [2.05, 4.69) is 10.1 Å². The summed E-state index contributed by atoms with van der Waals surface area (Å²) >= 11 is 0. The normalized spacial score (nSPS) is 12.2. The Morgan fingerprint density at radius 1 is 1.64 bits per heavy atom. The number of amides is 1. The zero-order valence-corrected chi connectivity index (χ0v) is 6.59. The van der Waals surface area contributed by atoms with Gasteiger partial charge in [-0.3, -0.25) is 9.59 Å². The van der Waals surface area contributed by atoms with Crippen molar-refractivity contribution in [3.63, 3.8) is 0 Å². The Morgan fingerprint density at radius 3 is 2.45 bits per heavy atom. The minimum Gasteiger partial charge on any atom is -0.469 e. The van der Waals surface area contributed by atoms with Gasteiger partial charge in [0.05, 0.1) is 19.6 Å². The van der Waals surface area contributed by atoms with Crippen LogP contribution in [-0.2, 0) is 14.3 Å². The molecular weight excluding hydrogens is 148 g/mol. The smallest absolute Gasteiger partial charge is 0.307 e. The molecular formula is C6H12N2O3. The molecule has 0 spiro atoms. The molecule has 3 N–H and O–H groups in total. The first-order valence-corrected chi connectivity index (χ1v) is 3.15. The number of nitrogens with two attached hydrogens (primary N) is 1. The lowest BCUT2D eigenvalue weighted by atomic mass is 10.2. The Kier molecular flexibility index (Phi) is 4.21. The highest BCUT2D eigenvalue weighted by Gasteiger charge is 2.16. The van der Waals surface area contributed by atoms with Gasteiger partial charge >= 0.3 is 5.97 Å². The Balaban J connectivity index is 3.88. The maximum atomic E-state index is 10.6. The van der Waals surface area contributed by atoms with Gasteiger partial charge in [0.2, 0.25) is 5.91 Å². The van der Waals surface area contributed by atoms with Gasteiger partial charge in [0, 0.05) is 0 Å². The number of carbonyl (C=O) groups excluding carboxylic acids is 2. The Bertz CT molecular complexity index is 158. The predicted octanol–water partition coefficient (Wildman–Crippen LogP) is -1.38. The van der Waals surface area contributed by atoms with Crippen LogP contribution in [-0.4, -0.2) is 32.1 Å². The maximum Gasteiger partial charge on any atom is 0.307 e. The molecule has 0 heterocycles. The summed E-state index contributed by atoms with van der Waals surface area (Å²) in [6.45, 7) is 0. The van der Waals surface area contributed by atoms with Crippen LogP contribution in [0.4, 0.5) is 0 Å². The molecule has 0 aromatic carbocycles. The van der Waals surface area contributed by atoms with Crippen molar-refractivity contribution in [2.45, 2.75) is 12.5 Å². The number of likely N-dealkylation sites (N-methyl/N-ethyl adjacent to an activating group) is 1. The van der Waals surface area contributed by atoms with Gasteiger partial charge in [0.15, 0.2) is 0 Å². The number of hydrogen-bond acceptors (Lipinski definition) is 4. The molecule has 0 aliphatic heterocycles. The van der Waals surface area contributed by atoms with Gasteiger partial charge in [0.1, 0.15) is 0 Å². The van der Waals surface area contributed by atoms with E-state index in [0.717, 1.165) is 0 Å². The quantitative estimate of drug-likeness (QED) is 0.497. The van der Waals surface area contributed by atoms with Crippen LogP contribution in [0.25, 0.3) is 0 Å². The molecule has 0 aromatic heterocycles. The molecule has 5 nitrogen and oxygen atoms in total. The highest BCUT2D eigenvalue weighted by Crippen LogP contribution is 1.91. The molecule has 0 aliphatic carbocycles. The summed E-state index contributed by atoms with van der Waals surface area (Å²) in [6.07, 6.45) is -0.0255. The van der Waals surface area contributed by atoms with Crippen molar-refractivity contribution in [3.05, 3.63) is 0 Å². The van der Waals surface area contributed by atoms with Crippen LogP contribution in [0.2, 0.25) is 0 Å². The molecule has 0 bridgehead atoms. The predicted molar refractivity (Wildman–Crippen MR) is 38.7 cm³/mol. The number of hydrogen-bond donors (Lipinski definition) is 2. The first-order valence-electron chi connectivity index (χ1n) is 3.15. The summed E-state index contributed by atoms with van der Waals surface area (Å²) < 4.78 is 4.35. The fourth-order valence-corrected chi connectivity index (χ4v) is 0.595. The highest BCUT2D eigenvalue weighted by molar-refractivity contribution is 5.85. The standard InChI is InChI=1S/C6H12N2O3/c1-8-4(6(7)10)3-5(9)11-2/h4,8H,3H2,1-2H3,(H2,7,10). The van der Waals surface area contributed by atoms with E-state index in [1.165, 1.54) is 7.11 Å². The first kappa shape index (κ1) is 9.90. The van der Waals surface area contributed by atoms with Crippen molar-refractivity contribution >= 4 is 11.9 Å². The third-order valence-corrected chi connectivity index (χ3v) is 1.29. The van der Waals surface area contributed by atoms with Crippen LogP contribution >= 0.6 is 0 Å². The molecule has 11 heavy (non-hydrogen) atoms. The SMILES string of the molecule is CNC(CC(=O)OC)C(N)=O. The number of methoxy groups -OCH3 is 1. The molecule has 0 rings (SSSR count). The van der Waals surface area contributed by atoms with Gasteiger partial charge in [-0.05, 0) is 7.05 Å². The average Bonchev–Trinajstić information content (AvgIpc) is 1.99. The van der Waals surface area contributed by atoms with Crippen LogP contribution in [0, 0.1) is 0 Å². The molecule has 1 atom stereocenters. The zero-order valence-electron chi connectivity index (χ0n) is 6.59. The number of primary amides is 1. The third kappa shape index (κ3) is 3.57. The lowest BCUT2D eigenvalue weighted by Gasteiger charge is -2.09. The van der Waals surface area contributed by atoms with Gasteiger partial charge < -0.3 is 15.8 Å². The number of carbonyl (C=O) groups is 2. The summed E-state index contributed by atoms with van der Waals surface area (Å²) in [5, 5.41) is 2.59. The highest BCUT2D eigenvalue weighted by atomic mass is 16.5. The number of nitrogens with one attached hydrogen (secondary N) is 1. The largest absolute Gasteiger partial charge is 0.469 e. The number of rotatable bonds is 4. The minimum absolute atomic E-state index is 0.0255. The Morgan fingerprint density at radius 2 is 2.18 bits per heavy atom. The summed E-state index contributed by atoms with van der Waals surface area (Å²) in [7, 11) is 2.81. The third-order valence-electron chi connectivity index (χ3n) is 1.29. The summed E-state index contributed by atoms with van der Waals surface area (Å²) in [5.74, 6) is -1.01. The molecule has 5 heteroatoms. The molecule has 0 saturated carbocycles. The lowest BCUT2D eigenvalue weighted by molar-refractivity contribution is -0.142. The molecule has 0 fully saturated rings. The van der Waals surface area contributed by atoms with Gasteiger partial charge in [-0.1, -0.05) is 0 Å². The number of ether oxygens (including phenoxy) is 1. The second kappa shape index (κ2) is 4.68. The summed E-state index contributed by atoms with van der Waals surface area (Å²) in [6, 6.07) is -0.637. The van der Waals surface area contributed by atoms with E-state index in [0.29, 0.717) is 0 Å². The van der Waals surface area contributed by atoms with E-state index in [9.17, 15) is 9.59 Å². The summed E-state index contributed by atoms with van der Waals surface area (Å²) in [4.78, 5) is 21.1. The van der Waals surface area contributed by atoms with Crippen LogP contribution in [0.5, 0.6) is 0 Å². The van der Waals surface area contributed by atoms with E-state index >= 15 is 0 Å². The molecule has 64 valence electrons. The molecule has 0 aromatic rings. The van der Waals surface area contributed by atoms with Gasteiger partial charge in [-0.15, -0.1) is 0 Å². The second-order valence-corrected chi connectivity index (χ2v) is 2.02. The molecule has 0 saturated heterocycles. The van der Waals surface area contributed by atoms with Crippen molar-refractivity contribution in [2.75, 3.05) is 14.2 Å². The number of esters is 1. The van der Waals surface area contributed by atoms with Crippen LogP contribution in [0.3, 0.4) is 0 Å². The fourth-order valence-electron chi connectivity index (χ4n) is 0.595. The molecule has 0 aliphatic rings. The van der Waals surface area contributed by atoms with Crippen LogP contribution in [0.15, 0.2) is 0 Å². The molecule has 1 amide bonds. The molecule has 1 unspecified atom stereocenters. The van der Waals surface area contributed by atoms with E-state index in [1.54, 1.807) is 7.05 Å². The molecule has 0 radical (unpaired) electrons. The Hall–Kier alpha value is -1.10. The van der Waals surface area contributed by atoms with E-state index in [4.69, 9.17) is 5.73 Å². The van der Waals surface area contributed by atoms with Gasteiger partial charge in [-0.25, -0.2) is 0 Å². The van der Waals surface area contributed by atoms with Crippen molar-refractivity contribution in [3.8, 4) is 0 Å².